The van der Waals surface area contributed by atoms with Crippen molar-refractivity contribution in [1.82, 2.24) is 15.2 Å². The van der Waals surface area contributed by atoms with Crippen LogP contribution in [-0.2, 0) is 4.79 Å². The summed E-state index contributed by atoms with van der Waals surface area (Å²) < 4.78 is 12.7. The molecule has 0 unspecified atom stereocenters. The zero-order valence-electron chi connectivity index (χ0n) is 19.9. The Morgan fingerprint density at radius 1 is 1.03 bits per heavy atom. The first kappa shape index (κ1) is 23.1. The molecule has 0 N–H and O–H groups in total. The summed E-state index contributed by atoms with van der Waals surface area (Å²) in [5.74, 6) is 1.73. The van der Waals surface area contributed by atoms with Crippen LogP contribution < -0.4 is 14.4 Å². The Morgan fingerprint density at radius 3 is 2.63 bits per heavy atom. The van der Waals surface area contributed by atoms with Crippen molar-refractivity contribution in [2.24, 2.45) is 0 Å². The van der Waals surface area contributed by atoms with Gasteiger partial charge in [0.15, 0.2) is 5.69 Å². The van der Waals surface area contributed by atoms with E-state index < -0.39 is 6.23 Å². The molecule has 0 saturated carbocycles. The molecule has 178 valence electrons. The maximum Gasteiger partial charge on any atom is 0.247 e. The van der Waals surface area contributed by atoms with Crippen molar-refractivity contribution in [3.63, 3.8) is 0 Å². The Labute approximate surface area is 208 Å². The van der Waals surface area contributed by atoms with Gasteiger partial charge in [-0.2, -0.15) is 4.98 Å². The number of aromatic nitrogens is 3. The fourth-order valence-electron chi connectivity index (χ4n) is 4.34. The number of thioether (sulfide) groups is 1. The molecule has 1 amide bonds. The number of hydrogen-bond acceptors (Lipinski definition) is 7. The van der Waals surface area contributed by atoms with Gasteiger partial charge in [0.05, 0.1) is 17.9 Å². The van der Waals surface area contributed by atoms with Crippen LogP contribution in [-0.4, -0.2) is 33.4 Å². The van der Waals surface area contributed by atoms with Crippen molar-refractivity contribution in [1.29, 1.82) is 0 Å². The van der Waals surface area contributed by atoms with E-state index in [1.165, 1.54) is 11.8 Å². The highest BCUT2D eigenvalue weighted by Gasteiger charge is 2.37. The van der Waals surface area contributed by atoms with Crippen molar-refractivity contribution in [2.45, 2.75) is 38.6 Å². The highest BCUT2D eigenvalue weighted by Crippen LogP contribution is 2.46. The van der Waals surface area contributed by atoms with Gasteiger partial charge in [-0.3, -0.25) is 9.69 Å². The summed E-state index contributed by atoms with van der Waals surface area (Å²) in [7, 11) is 0. The molecular formula is C27H26N4O3S. The topological polar surface area (TPSA) is 77.4 Å². The second kappa shape index (κ2) is 9.92. The Hall–Kier alpha value is -3.65. The van der Waals surface area contributed by atoms with Crippen LogP contribution in [0.15, 0.2) is 65.8 Å². The lowest BCUT2D eigenvalue weighted by atomic mass is 10.0. The van der Waals surface area contributed by atoms with Gasteiger partial charge in [0.1, 0.15) is 5.75 Å². The summed E-state index contributed by atoms with van der Waals surface area (Å²) in [6.45, 7) is 6.30. The smallest absolute Gasteiger partial charge is 0.247 e. The molecule has 8 heteroatoms. The molecule has 0 radical (unpaired) electrons. The third-order valence-electron chi connectivity index (χ3n) is 5.83. The van der Waals surface area contributed by atoms with Gasteiger partial charge in [0, 0.05) is 12.0 Å². The van der Waals surface area contributed by atoms with Crippen LogP contribution in [0, 0.1) is 0 Å². The molecule has 7 nitrogen and oxygen atoms in total. The van der Waals surface area contributed by atoms with Crippen LogP contribution in [0.2, 0.25) is 0 Å². The molecule has 4 aromatic rings. The lowest BCUT2D eigenvalue weighted by molar-refractivity contribution is -0.120. The maximum absolute atomic E-state index is 13.5. The van der Waals surface area contributed by atoms with Crippen LogP contribution in [0.25, 0.3) is 22.0 Å². The van der Waals surface area contributed by atoms with Crippen LogP contribution in [0.5, 0.6) is 11.6 Å². The normalized spacial score (nSPS) is 14.6. The minimum Gasteiger partial charge on any atom is -0.493 e. The number of carbonyl (C=O) groups excluding carboxylic acids is 1. The first-order valence-corrected chi connectivity index (χ1v) is 12.7. The Bertz CT molecular complexity index is 1390. The van der Waals surface area contributed by atoms with E-state index in [0.29, 0.717) is 41.2 Å². The predicted octanol–water partition coefficient (Wildman–Crippen LogP) is 6.04. The highest BCUT2D eigenvalue weighted by molar-refractivity contribution is 7.99. The van der Waals surface area contributed by atoms with E-state index in [1.54, 1.807) is 4.90 Å². The molecule has 3 aromatic carbocycles. The van der Waals surface area contributed by atoms with Gasteiger partial charge in [-0.15, -0.1) is 10.2 Å². The Kier molecular flexibility index (Phi) is 6.55. The molecule has 1 aliphatic rings. The number of benzene rings is 3. The Morgan fingerprint density at radius 2 is 1.83 bits per heavy atom. The van der Waals surface area contributed by atoms with Gasteiger partial charge in [-0.1, -0.05) is 74.1 Å². The van der Waals surface area contributed by atoms with E-state index in [-0.39, 0.29) is 5.91 Å². The van der Waals surface area contributed by atoms with Crippen molar-refractivity contribution in [3.8, 4) is 22.9 Å². The summed E-state index contributed by atoms with van der Waals surface area (Å²) in [6, 6.07) is 19.7. The largest absolute Gasteiger partial charge is 0.493 e. The first-order chi connectivity index (χ1) is 17.2. The molecule has 0 fully saturated rings. The molecule has 0 aliphatic carbocycles. The van der Waals surface area contributed by atoms with Crippen molar-refractivity contribution in [2.75, 3.05) is 17.3 Å². The fourth-order valence-corrected chi connectivity index (χ4v) is 4.85. The summed E-state index contributed by atoms with van der Waals surface area (Å²) in [6.07, 6.45) is -0.511. The SMILES string of the molecule is CCOc1ccc2ccccc2c1[C@@H]1Oc2nc(SCC)nnc2-c2ccccc2N1C(=O)CC. The molecule has 1 atom stereocenters. The van der Waals surface area contributed by atoms with E-state index in [0.717, 1.165) is 27.7 Å². The van der Waals surface area contributed by atoms with Gasteiger partial charge in [0.25, 0.3) is 0 Å². The summed E-state index contributed by atoms with van der Waals surface area (Å²) in [5.41, 5.74) is 2.73. The molecule has 1 aromatic heterocycles. The molecular weight excluding hydrogens is 460 g/mol. The zero-order valence-corrected chi connectivity index (χ0v) is 20.7. The van der Waals surface area contributed by atoms with Crippen LogP contribution in [0.1, 0.15) is 39.0 Å². The third kappa shape index (κ3) is 4.18. The molecule has 1 aliphatic heterocycles. The second-order valence-corrected chi connectivity index (χ2v) is 9.15. The van der Waals surface area contributed by atoms with Gasteiger partial charge in [0.2, 0.25) is 23.2 Å². The van der Waals surface area contributed by atoms with Gasteiger partial charge in [-0.05, 0) is 35.6 Å². The van der Waals surface area contributed by atoms with E-state index >= 15 is 0 Å². The lowest BCUT2D eigenvalue weighted by Crippen LogP contribution is -2.37. The predicted molar refractivity (Wildman–Crippen MR) is 138 cm³/mol. The average molecular weight is 487 g/mol. The lowest BCUT2D eigenvalue weighted by Gasteiger charge is -2.32. The van der Waals surface area contributed by atoms with E-state index in [2.05, 4.69) is 10.2 Å². The third-order valence-corrected chi connectivity index (χ3v) is 6.55. The monoisotopic (exact) mass is 486 g/mol. The Balaban J connectivity index is 1.82. The average Bonchev–Trinajstić information content (AvgIpc) is 3.02. The molecule has 0 saturated heterocycles. The molecule has 35 heavy (non-hydrogen) atoms. The standard InChI is InChI=1S/C27H26N4O3S/c1-4-22(32)31-20-14-10-9-13-19(20)24-25(28-27(30-29-24)35-6-3)34-26(31)23-18-12-8-7-11-17(18)15-16-21(23)33-5-2/h7-16,26H,4-6H2,1-3H3/t26-/m0/s1. The minimum atomic E-state index is -0.811. The fraction of sp³-hybridized carbons (Fsp3) is 0.259. The van der Waals surface area contributed by atoms with Crippen LogP contribution >= 0.6 is 11.8 Å². The number of carbonyl (C=O) groups is 1. The number of amides is 1. The summed E-state index contributed by atoms with van der Waals surface area (Å²) >= 11 is 1.49. The quantitative estimate of drug-likeness (QED) is 0.308. The van der Waals surface area contributed by atoms with Gasteiger partial charge < -0.3 is 9.47 Å². The molecule has 0 bridgehead atoms. The summed E-state index contributed by atoms with van der Waals surface area (Å²) in [5, 5.41) is 11.3. The molecule has 5 rings (SSSR count). The van der Waals surface area contributed by atoms with Gasteiger partial charge >= 0.3 is 0 Å². The zero-order chi connectivity index (χ0) is 24.4. The van der Waals surface area contributed by atoms with E-state index in [1.807, 2.05) is 81.4 Å². The minimum absolute atomic E-state index is 0.0817. The molecule has 2 heterocycles. The van der Waals surface area contributed by atoms with Crippen molar-refractivity contribution in [3.05, 3.63) is 66.2 Å². The molecule has 0 spiro atoms. The number of para-hydroxylation sites is 1. The number of nitrogens with zero attached hydrogens (tertiary/aromatic N) is 4. The van der Waals surface area contributed by atoms with E-state index in [4.69, 9.17) is 14.5 Å². The first-order valence-electron chi connectivity index (χ1n) is 11.8. The highest BCUT2D eigenvalue weighted by atomic mass is 32.2. The number of fused-ring (bicyclic) bond motifs is 4. The number of hydrogen-bond donors (Lipinski definition) is 0. The number of rotatable bonds is 6. The summed E-state index contributed by atoms with van der Waals surface area (Å²) in [4.78, 5) is 19.9. The maximum atomic E-state index is 13.5. The number of ether oxygens (including phenoxy) is 2. The van der Waals surface area contributed by atoms with Crippen molar-refractivity contribution >= 4 is 34.1 Å². The van der Waals surface area contributed by atoms with Crippen molar-refractivity contribution < 1.29 is 14.3 Å². The second-order valence-electron chi connectivity index (χ2n) is 7.92. The number of anilines is 1. The van der Waals surface area contributed by atoms with Gasteiger partial charge in [-0.25, -0.2) is 0 Å². The van der Waals surface area contributed by atoms with Crippen LogP contribution in [0.3, 0.4) is 0 Å². The van der Waals surface area contributed by atoms with E-state index in [9.17, 15) is 4.79 Å². The van der Waals surface area contributed by atoms with Crippen LogP contribution in [0.4, 0.5) is 5.69 Å².